The lowest BCUT2D eigenvalue weighted by molar-refractivity contribution is -0.123. The van der Waals surface area contributed by atoms with Crippen LogP contribution < -0.4 is 4.90 Å². The van der Waals surface area contributed by atoms with Crippen molar-refractivity contribution >= 4 is 40.4 Å². The maximum absolute atomic E-state index is 13.1. The van der Waals surface area contributed by atoms with E-state index >= 15 is 0 Å². The number of fused-ring (bicyclic) bond motifs is 1. The number of carbonyl (C=O) groups is 2. The summed E-state index contributed by atoms with van der Waals surface area (Å²) in [6, 6.07) is 8.31. The van der Waals surface area contributed by atoms with E-state index in [1.165, 1.54) is 29.2 Å². The number of pyridine rings is 1. The van der Waals surface area contributed by atoms with E-state index in [0.29, 0.717) is 5.65 Å². The van der Waals surface area contributed by atoms with E-state index in [9.17, 15) is 22.8 Å². The summed E-state index contributed by atoms with van der Waals surface area (Å²) in [5.41, 5.74) is -3.81. The fourth-order valence-electron chi connectivity index (χ4n) is 3.44. The van der Waals surface area contributed by atoms with Crippen LogP contribution in [0.5, 0.6) is 0 Å². The Bertz CT molecular complexity index is 1130. The molecule has 10 heteroatoms. The average molecular weight is 434 g/mol. The van der Waals surface area contributed by atoms with Crippen molar-refractivity contribution in [3.8, 4) is 0 Å². The first kappa shape index (κ1) is 20.3. The molecule has 1 fully saturated rings. The van der Waals surface area contributed by atoms with Crippen LogP contribution in [0.25, 0.3) is 11.0 Å². The van der Waals surface area contributed by atoms with Crippen LogP contribution in [-0.4, -0.2) is 37.9 Å². The van der Waals surface area contributed by atoms with Gasteiger partial charge in [-0.15, -0.1) is 0 Å². The fraction of sp³-hybridized carbons (Fsp3) is 0.250. The van der Waals surface area contributed by atoms with Crippen LogP contribution in [0.15, 0.2) is 53.7 Å². The number of aromatic nitrogens is 2. The predicted molar refractivity (Wildman–Crippen MR) is 107 cm³/mol. The lowest BCUT2D eigenvalue weighted by atomic mass is 10.0. The molecule has 3 heterocycles. The maximum atomic E-state index is 13.1. The first-order valence-electron chi connectivity index (χ1n) is 9.01. The minimum absolute atomic E-state index is 0.0206. The number of hydrogen-bond acceptors (Lipinski definition) is 4. The van der Waals surface area contributed by atoms with Gasteiger partial charge in [0, 0.05) is 22.7 Å². The summed E-state index contributed by atoms with van der Waals surface area (Å²) in [6.07, 6.45) is 3.40. The lowest BCUT2D eigenvalue weighted by Crippen LogP contribution is -2.43. The minimum Gasteiger partial charge on any atom is -0.346 e. The quantitative estimate of drug-likeness (QED) is 0.467. The van der Waals surface area contributed by atoms with Gasteiger partial charge in [-0.25, -0.2) is 14.7 Å². The highest BCUT2D eigenvalue weighted by Crippen LogP contribution is 2.39. The van der Waals surface area contributed by atoms with Gasteiger partial charge in [0.25, 0.3) is 5.91 Å². The van der Waals surface area contributed by atoms with Gasteiger partial charge >= 0.3 is 11.5 Å². The van der Waals surface area contributed by atoms with Crippen molar-refractivity contribution in [2.75, 3.05) is 4.90 Å². The molecule has 30 heavy (non-hydrogen) atoms. The van der Waals surface area contributed by atoms with E-state index < -0.39 is 23.0 Å². The summed E-state index contributed by atoms with van der Waals surface area (Å²) < 4.78 is 37.6. The standard InChI is InChI=1S/C20H17F3N4O2S/c1-19(2)17(28)27(13-5-7-14(8-6-13)30-20(21,22)23)18(29)26(19)11-12-10-25-16-15(12)4-3-9-24-16/h3-10H,11H2,1-2H3,(H,24,25). The highest BCUT2D eigenvalue weighted by atomic mass is 32.2. The molecule has 0 bridgehead atoms. The number of rotatable bonds is 4. The average Bonchev–Trinajstić information content (AvgIpc) is 3.15. The molecular weight excluding hydrogens is 417 g/mol. The van der Waals surface area contributed by atoms with Crippen LogP contribution in [0.3, 0.4) is 0 Å². The van der Waals surface area contributed by atoms with Gasteiger partial charge in [0.15, 0.2) is 0 Å². The van der Waals surface area contributed by atoms with E-state index in [4.69, 9.17) is 0 Å². The Balaban J connectivity index is 1.62. The third-order valence-electron chi connectivity index (χ3n) is 5.02. The summed E-state index contributed by atoms with van der Waals surface area (Å²) in [5, 5.41) is 0.848. The van der Waals surface area contributed by atoms with Crippen molar-refractivity contribution in [3.05, 3.63) is 54.4 Å². The second kappa shape index (κ2) is 7.05. The first-order chi connectivity index (χ1) is 14.1. The van der Waals surface area contributed by atoms with Gasteiger partial charge in [0.1, 0.15) is 11.2 Å². The van der Waals surface area contributed by atoms with Crippen LogP contribution in [-0.2, 0) is 11.3 Å². The number of carbonyl (C=O) groups excluding carboxylic acids is 2. The summed E-state index contributed by atoms with van der Waals surface area (Å²) >= 11 is -0.250. The van der Waals surface area contributed by atoms with Crippen molar-refractivity contribution in [1.29, 1.82) is 0 Å². The Hall–Kier alpha value is -3.01. The summed E-state index contributed by atoms with van der Waals surface area (Å²) in [4.78, 5) is 35.8. The second-order valence-corrected chi connectivity index (χ2v) is 8.46. The lowest BCUT2D eigenvalue weighted by Gasteiger charge is -2.27. The molecule has 0 saturated carbocycles. The van der Waals surface area contributed by atoms with Gasteiger partial charge in [-0.2, -0.15) is 13.2 Å². The Morgan fingerprint density at radius 2 is 1.83 bits per heavy atom. The normalized spacial score (nSPS) is 16.7. The molecule has 6 nitrogen and oxygen atoms in total. The topological polar surface area (TPSA) is 69.3 Å². The molecule has 1 aliphatic rings. The van der Waals surface area contributed by atoms with Gasteiger partial charge in [0.2, 0.25) is 0 Å². The molecule has 156 valence electrons. The summed E-state index contributed by atoms with van der Waals surface area (Å²) in [7, 11) is 0. The molecule has 0 spiro atoms. The summed E-state index contributed by atoms with van der Waals surface area (Å²) in [6.45, 7) is 3.48. The Morgan fingerprint density at radius 3 is 2.50 bits per heavy atom. The molecule has 0 radical (unpaired) electrons. The zero-order valence-corrected chi connectivity index (χ0v) is 16.8. The Kier molecular flexibility index (Phi) is 4.76. The highest BCUT2D eigenvalue weighted by molar-refractivity contribution is 8.00. The fourth-order valence-corrected chi connectivity index (χ4v) is 3.98. The molecule has 1 aliphatic heterocycles. The molecule has 1 saturated heterocycles. The number of anilines is 1. The van der Waals surface area contributed by atoms with Crippen LogP contribution in [0.2, 0.25) is 0 Å². The molecule has 3 aromatic rings. The van der Waals surface area contributed by atoms with Gasteiger partial charge in [0.05, 0.1) is 12.2 Å². The Labute approximate surface area is 174 Å². The summed E-state index contributed by atoms with van der Waals surface area (Å²) in [5.74, 6) is -0.443. The maximum Gasteiger partial charge on any atom is 0.446 e. The molecule has 2 aromatic heterocycles. The number of nitrogens with zero attached hydrogens (tertiary/aromatic N) is 3. The molecule has 1 N–H and O–H groups in total. The largest absolute Gasteiger partial charge is 0.446 e. The zero-order chi connectivity index (χ0) is 21.7. The highest BCUT2D eigenvalue weighted by Gasteiger charge is 2.51. The van der Waals surface area contributed by atoms with E-state index in [1.807, 2.05) is 6.07 Å². The number of hydrogen-bond donors (Lipinski definition) is 1. The van der Waals surface area contributed by atoms with Crippen LogP contribution >= 0.6 is 11.8 Å². The van der Waals surface area contributed by atoms with E-state index in [1.54, 1.807) is 32.3 Å². The molecule has 1 aromatic carbocycles. The number of amides is 3. The van der Waals surface area contributed by atoms with Crippen molar-refractivity contribution in [1.82, 2.24) is 14.9 Å². The van der Waals surface area contributed by atoms with Gasteiger partial charge in [-0.05, 0) is 67.6 Å². The minimum atomic E-state index is -4.41. The van der Waals surface area contributed by atoms with Crippen molar-refractivity contribution in [2.45, 2.75) is 36.3 Å². The van der Waals surface area contributed by atoms with E-state index in [-0.39, 0.29) is 28.9 Å². The van der Waals surface area contributed by atoms with Crippen LogP contribution in [0.4, 0.5) is 23.7 Å². The first-order valence-corrected chi connectivity index (χ1v) is 9.82. The molecular formula is C20H17F3N4O2S. The second-order valence-electron chi connectivity index (χ2n) is 7.32. The zero-order valence-electron chi connectivity index (χ0n) is 16.0. The third kappa shape index (κ3) is 3.51. The number of imide groups is 1. The van der Waals surface area contributed by atoms with Gasteiger partial charge in [-0.3, -0.25) is 4.79 Å². The molecule has 0 unspecified atom stereocenters. The van der Waals surface area contributed by atoms with Crippen LogP contribution in [0.1, 0.15) is 19.4 Å². The van der Waals surface area contributed by atoms with Crippen molar-refractivity contribution < 1.29 is 22.8 Å². The van der Waals surface area contributed by atoms with Crippen molar-refractivity contribution in [2.24, 2.45) is 0 Å². The van der Waals surface area contributed by atoms with Gasteiger partial charge in [-0.1, -0.05) is 0 Å². The third-order valence-corrected chi connectivity index (χ3v) is 5.76. The number of halogens is 3. The number of aromatic amines is 1. The predicted octanol–water partition coefficient (Wildman–Crippen LogP) is 4.92. The SMILES string of the molecule is CC1(C)C(=O)N(c2ccc(SC(F)(F)F)cc2)C(=O)N1Cc1c[nH]c2ncccc12. The number of benzene rings is 1. The van der Waals surface area contributed by atoms with Crippen molar-refractivity contribution in [3.63, 3.8) is 0 Å². The monoisotopic (exact) mass is 434 g/mol. The number of H-pyrrole nitrogens is 1. The van der Waals surface area contributed by atoms with Gasteiger partial charge < -0.3 is 9.88 Å². The number of urea groups is 1. The molecule has 0 aliphatic carbocycles. The molecule has 4 rings (SSSR count). The molecule has 0 atom stereocenters. The number of nitrogens with one attached hydrogen (secondary N) is 1. The smallest absolute Gasteiger partial charge is 0.346 e. The van der Waals surface area contributed by atoms with E-state index in [0.717, 1.165) is 15.8 Å². The van der Waals surface area contributed by atoms with E-state index in [2.05, 4.69) is 9.97 Å². The Morgan fingerprint density at radius 1 is 1.13 bits per heavy atom. The molecule has 3 amide bonds. The number of thioether (sulfide) groups is 1. The van der Waals surface area contributed by atoms with Crippen LogP contribution in [0, 0.1) is 0 Å². The number of alkyl halides is 3.